The predicted octanol–water partition coefficient (Wildman–Crippen LogP) is 4.51. The van der Waals surface area contributed by atoms with Gasteiger partial charge in [-0.1, -0.05) is 0 Å². The van der Waals surface area contributed by atoms with Crippen molar-refractivity contribution in [2.24, 2.45) is 0 Å². The highest BCUT2D eigenvalue weighted by atomic mass is 32.2. The van der Waals surface area contributed by atoms with Crippen molar-refractivity contribution >= 4 is 15.6 Å². The van der Waals surface area contributed by atoms with Crippen LogP contribution < -0.4 is 4.74 Å². The number of alkyl halides is 6. The highest BCUT2D eigenvalue weighted by molar-refractivity contribution is 7.90. The average Bonchev–Trinajstić information content (AvgIpc) is 2.57. The van der Waals surface area contributed by atoms with E-state index in [1.807, 2.05) is 0 Å². The minimum absolute atomic E-state index is 0.135. The molecule has 2 rings (SSSR count). The molecule has 29 heavy (non-hydrogen) atoms. The Morgan fingerprint density at radius 3 is 1.97 bits per heavy atom. The van der Waals surface area contributed by atoms with E-state index in [1.165, 1.54) is 0 Å². The van der Waals surface area contributed by atoms with Gasteiger partial charge in [-0.05, 0) is 30.3 Å². The van der Waals surface area contributed by atoms with E-state index in [9.17, 15) is 43.9 Å². The molecule has 0 saturated carbocycles. The van der Waals surface area contributed by atoms with E-state index in [1.54, 1.807) is 0 Å². The number of carbonyl (C=O) groups excluding carboxylic acids is 1. The lowest BCUT2D eigenvalue weighted by molar-refractivity contribution is -0.138. The zero-order valence-corrected chi connectivity index (χ0v) is 15.4. The number of carbonyl (C=O) groups is 1. The van der Waals surface area contributed by atoms with Crippen molar-refractivity contribution in [1.29, 1.82) is 0 Å². The molecular weight excluding hydrogens is 433 g/mol. The van der Waals surface area contributed by atoms with Gasteiger partial charge < -0.3 is 4.74 Å². The van der Waals surface area contributed by atoms with Crippen LogP contribution in [0.25, 0.3) is 0 Å². The summed E-state index contributed by atoms with van der Waals surface area (Å²) < 4.78 is 121. The molecule has 0 fully saturated rings. The topological polar surface area (TPSA) is 60.4 Å². The third-order valence-corrected chi connectivity index (χ3v) is 4.93. The number of hydrogen-bond donors (Lipinski definition) is 0. The lowest BCUT2D eigenvalue weighted by Crippen LogP contribution is -2.18. The van der Waals surface area contributed by atoms with Gasteiger partial charge in [-0.3, -0.25) is 4.79 Å². The van der Waals surface area contributed by atoms with Gasteiger partial charge in [0.05, 0.1) is 23.1 Å². The highest BCUT2D eigenvalue weighted by Gasteiger charge is 2.38. The molecule has 0 radical (unpaired) electrons. The van der Waals surface area contributed by atoms with E-state index >= 15 is 0 Å². The number of methoxy groups -OCH3 is 1. The van der Waals surface area contributed by atoms with Gasteiger partial charge in [0, 0.05) is 17.4 Å². The maximum absolute atomic E-state index is 13.9. The van der Waals surface area contributed by atoms with Gasteiger partial charge in [-0.15, -0.1) is 0 Å². The number of ether oxygens (including phenoxy) is 1. The van der Waals surface area contributed by atoms with Crippen LogP contribution in [0.2, 0.25) is 0 Å². The molecule has 0 aromatic heterocycles. The summed E-state index contributed by atoms with van der Waals surface area (Å²) in [6.45, 7) is 0. The van der Waals surface area contributed by atoms with Crippen molar-refractivity contribution in [3.05, 3.63) is 58.4 Å². The Kier molecular flexibility index (Phi) is 5.72. The van der Waals surface area contributed by atoms with Gasteiger partial charge in [0.2, 0.25) is 0 Å². The molecular formula is C17H11F7O4S. The SMILES string of the molecule is COc1cc(C(F)(F)F)c(C(=O)c2ccc(C(F)(F)F)cc2S(C)(=O)=O)cc1F. The summed E-state index contributed by atoms with van der Waals surface area (Å²) in [6.07, 6.45) is -9.65. The maximum Gasteiger partial charge on any atom is 0.417 e. The molecule has 0 aliphatic rings. The van der Waals surface area contributed by atoms with Crippen LogP contribution in [0.1, 0.15) is 27.0 Å². The van der Waals surface area contributed by atoms with E-state index in [4.69, 9.17) is 0 Å². The molecule has 12 heteroatoms. The third-order valence-electron chi connectivity index (χ3n) is 3.80. The third kappa shape index (κ3) is 4.69. The second kappa shape index (κ2) is 7.32. The first kappa shape index (κ1) is 22.7. The number of benzene rings is 2. The monoisotopic (exact) mass is 444 g/mol. The molecule has 0 aliphatic carbocycles. The summed E-state index contributed by atoms with van der Waals surface area (Å²) >= 11 is 0. The first-order valence-corrected chi connectivity index (χ1v) is 9.37. The fourth-order valence-corrected chi connectivity index (χ4v) is 3.37. The zero-order chi connectivity index (χ0) is 22.4. The Labute approximate surface area is 159 Å². The van der Waals surface area contributed by atoms with Crippen LogP contribution in [0, 0.1) is 5.82 Å². The van der Waals surface area contributed by atoms with Crippen molar-refractivity contribution < 1.29 is 48.7 Å². The second-order valence-corrected chi connectivity index (χ2v) is 7.82. The van der Waals surface area contributed by atoms with Crippen molar-refractivity contribution in [3.63, 3.8) is 0 Å². The van der Waals surface area contributed by atoms with Crippen molar-refractivity contribution in [2.45, 2.75) is 17.2 Å². The van der Waals surface area contributed by atoms with Gasteiger partial charge >= 0.3 is 12.4 Å². The Hall–Kier alpha value is -2.63. The van der Waals surface area contributed by atoms with E-state index in [-0.39, 0.29) is 18.2 Å². The molecule has 2 aromatic carbocycles. The van der Waals surface area contributed by atoms with Gasteiger partial charge in [-0.2, -0.15) is 26.3 Å². The van der Waals surface area contributed by atoms with Crippen LogP contribution in [0.3, 0.4) is 0 Å². The molecule has 0 aliphatic heterocycles. The average molecular weight is 444 g/mol. The predicted molar refractivity (Wildman–Crippen MR) is 85.9 cm³/mol. The Morgan fingerprint density at radius 2 is 1.52 bits per heavy atom. The summed E-state index contributed by atoms with van der Waals surface area (Å²) in [5.41, 5.74) is -5.30. The van der Waals surface area contributed by atoms with Crippen LogP contribution in [-0.4, -0.2) is 27.6 Å². The van der Waals surface area contributed by atoms with Gasteiger partial charge in [-0.25, -0.2) is 12.8 Å². The van der Waals surface area contributed by atoms with E-state index in [2.05, 4.69) is 4.74 Å². The number of hydrogen-bond acceptors (Lipinski definition) is 4. The largest absolute Gasteiger partial charge is 0.494 e. The van der Waals surface area contributed by atoms with E-state index < -0.39 is 66.7 Å². The molecule has 0 saturated heterocycles. The molecule has 0 heterocycles. The van der Waals surface area contributed by atoms with Crippen molar-refractivity contribution in [2.75, 3.05) is 13.4 Å². The molecule has 0 N–H and O–H groups in total. The van der Waals surface area contributed by atoms with Crippen LogP contribution in [-0.2, 0) is 22.2 Å². The maximum atomic E-state index is 13.9. The van der Waals surface area contributed by atoms with Gasteiger partial charge in [0.1, 0.15) is 0 Å². The molecule has 0 spiro atoms. The van der Waals surface area contributed by atoms with Gasteiger partial charge in [0.25, 0.3) is 0 Å². The Morgan fingerprint density at radius 1 is 0.931 bits per heavy atom. The fourth-order valence-electron chi connectivity index (χ4n) is 2.47. The minimum atomic E-state index is -5.16. The van der Waals surface area contributed by atoms with Crippen LogP contribution >= 0.6 is 0 Å². The molecule has 2 aromatic rings. The van der Waals surface area contributed by atoms with E-state index in [0.29, 0.717) is 18.4 Å². The molecule has 0 atom stereocenters. The van der Waals surface area contributed by atoms with Crippen molar-refractivity contribution in [3.8, 4) is 5.75 Å². The number of rotatable bonds is 4. The molecule has 158 valence electrons. The smallest absolute Gasteiger partial charge is 0.417 e. The molecule has 4 nitrogen and oxygen atoms in total. The van der Waals surface area contributed by atoms with Crippen molar-refractivity contribution in [1.82, 2.24) is 0 Å². The molecule has 0 unspecified atom stereocenters. The van der Waals surface area contributed by atoms with Crippen LogP contribution in [0.5, 0.6) is 5.75 Å². The lowest BCUT2D eigenvalue weighted by Gasteiger charge is -2.16. The highest BCUT2D eigenvalue weighted by Crippen LogP contribution is 2.38. The first-order valence-electron chi connectivity index (χ1n) is 7.48. The number of sulfone groups is 1. The molecule has 0 bridgehead atoms. The summed E-state index contributed by atoms with van der Waals surface area (Å²) in [4.78, 5) is 11.5. The summed E-state index contributed by atoms with van der Waals surface area (Å²) in [7, 11) is -3.57. The first-order chi connectivity index (χ1) is 13.1. The second-order valence-electron chi connectivity index (χ2n) is 5.84. The lowest BCUT2D eigenvalue weighted by atomic mass is 9.96. The van der Waals surface area contributed by atoms with Crippen LogP contribution in [0.15, 0.2) is 35.2 Å². The Balaban J connectivity index is 2.81. The summed E-state index contributed by atoms with van der Waals surface area (Å²) in [5.74, 6) is -3.80. The molecule has 0 amide bonds. The minimum Gasteiger partial charge on any atom is -0.494 e. The van der Waals surface area contributed by atoms with Crippen LogP contribution in [0.4, 0.5) is 30.7 Å². The Bertz CT molecular complexity index is 1070. The number of ketones is 1. The summed E-state index contributed by atoms with van der Waals surface area (Å²) in [6, 6.07) is 1.30. The zero-order valence-electron chi connectivity index (χ0n) is 14.6. The standard InChI is InChI=1S/C17H11F7O4S/c1-28-13-7-11(17(22,23)24)10(6-12(13)18)15(25)9-4-3-8(16(19,20)21)5-14(9)29(2,26)27/h3-7H,1-2H3. The van der Waals surface area contributed by atoms with E-state index in [0.717, 1.165) is 7.11 Å². The number of halogens is 7. The van der Waals surface area contributed by atoms with Gasteiger partial charge in [0.15, 0.2) is 27.2 Å². The fraction of sp³-hybridized carbons (Fsp3) is 0.235. The summed E-state index contributed by atoms with van der Waals surface area (Å²) in [5, 5.41) is 0. The normalized spacial score (nSPS) is 12.7. The quantitative estimate of drug-likeness (QED) is 0.515.